The summed E-state index contributed by atoms with van der Waals surface area (Å²) >= 11 is 0. The van der Waals surface area contributed by atoms with Crippen molar-refractivity contribution in [3.8, 4) is 5.75 Å². The number of furan rings is 1. The molecule has 0 unspecified atom stereocenters. The van der Waals surface area contributed by atoms with Crippen molar-refractivity contribution >= 4 is 39.2 Å². The molecular weight excluding hydrogens is 460 g/mol. The van der Waals surface area contributed by atoms with Gasteiger partial charge in [0, 0.05) is 28.6 Å². The van der Waals surface area contributed by atoms with E-state index in [2.05, 4.69) is 15.6 Å². The Bertz CT molecular complexity index is 1670. The highest BCUT2D eigenvalue weighted by Crippen LogP contribution is 2.30. The highest BCUT2D eigenvalue weighted by molar-refractivity contribution is 6.11. The largest absolute Gasteiger partial charge is 0.497 e. The molecule has 2 aromatic heterocycles. The first-order valence-corrected chi connectivity index (χ1v) is 11.3. The minimum atomic E-state index is -0.294. The Hall–Kier alpha value is -4.79. The summed E-state index contributed by atoms with van der Waals surface area (Å²) in [6.45, 7) is 1.90. The lowest BCUT2D eigenvalue weighted by atomic mass is 10.0. The average molecular weight is 482 g/mol. The lowest BCUT2D eigenvalue weighted by molar-refractivity contribution is -0.116. The molecule has 9 nitrogen and oxygen atoms in total. The van der Waals surface area contributed by atoms with Crippen LogP contribution in [0.25, 0.3) is 21.9 Å². The van der Waals surface area contributed by atoms with Gasteiger partial charge >= 0.3 is 0 Å². The summed E-state index contributed by atoms with van der Waals surface area (Å²) in [5, 5.41) is 12.0. The first-order chi connectivity index (χ1) is 17.4. The third kappa shape index (κ3) is 4.34. The van der Waals surface area contributed by atoms with E-state index < -0.39 is 0 Å². The molecule has 5 aromatic rings. The molecule has 3 aromatic carbocycles. The molecule has 0 bridgehead atoms. The number of ketones is 1. The van der Waals surface area contributed by atoms with Crippen LogP contribution >= 0.6 is 0 Å². The van der Waals surface area contributed by atoms with Crippen molar-refractivity contribution in [2.45, 2.75) is 19.9 Å². The van der Waals surface area contributed by atoms with E-state index in [1.807, 2.05) is 0 Å². The van der Waals surface area contributed by atoms with Gasteiger partial charge < -0.3 is 14.5 Å². The van der Waals surface area contributed by atoms with Crippen LogP contribution in [0.1, 0.15) is 28.1 Å². The fourth-order valence-electron chi connectivity index (χ4n) is 3.99. The molecule has 9 heteroatoms. The second-order valence-electron chi connectivity index (χ2n) is 8.26. The summed E-state index contributed by atoms with van der Waals surface area (Å²) < 4.78 is 12.2. The smallest absolute Gasteiger partial charge is 0.277 e. The molecular formula is C27H22N4O5. The summed E-state index contributed by atoms with van der Waals surface area (Å²) in [4.78, 5) is 38.1. The number of methoxy groups -OCH3 is 1. The predicted octanol–water partition coefficient (Wildman–Crippen LogP) is 4.11. The van der Waals surface area contributed by atoms with Gasteiger partial charge in [-0.05, 0) is 61.5 Å². The molecule has 0 aliphatic rings. The van der Waals surface area contributed by atoms with Gasteiger partial charge in [-0.25, -0.2) is 4.68 Å². The summed E-state index contributed by atoms with van der Waals surface area (Å²) in [6.07, 6.45) is 0.0382. The average Bonchev–Trinajstić information content (AvgIpc) is 3.23. The number of aromatic nitrogens is 3. The maximum atomic E-state index is 13.0. The number of carbonyl (C=O) groups excluding carboxylic acids is 2. The van der Waals surface area contributed by atoms with Crippen molar-refractivity contribution in [1.82, 2.24) is 15.0 Å². The number of amides is 1. The van der Waals surface area contributed by atoms with Crippen LogP contribution < -0.4 is 15.6 Å². The van der Waals surface area contributed by atoms with Gasteiger partial charge in [-0.15, -0.1) is 5.10 Å². The molecule has 0 fully saturated rings. The molecule has 0 aliphatic carbocycles. The first-order valence-electron chi connectivity index (χ1n) is 11.3. The van der Waals surface area contributed by atoms with E-state index in [1.165, 1.54) is 4.68 Å². The van der Waals surface area contributed by atoms with Crippen LogP contribution in [-0.2, 0) is 11.3 Å². The zero-order valence-electron chi connectivity index (χ0n) is 19.6. The minimum absolute atomic E-state index is 0.0382. The highest BCUT2D eigenvalue weighted by atomic mass is 16.5. The molecule has 2 heterocycles. The lowest BCUT2D eigenvalue weighted by Gasteiger charge is -2.07. The van der Waals surface area contributed by atoms with Crippen LogP contribution in [0.2, 0.25) is 0 Å². The van der Waals surface area contributed by atoms with Gasteiger partial charge in [-0.3, -0.25) is 14.4 Å². The van der Waals surface area contributed by atoms with Crippen molar-refractivity contribution < 1.29 is 18.7 Å². The number of anilines is 1. The Morgan fingerprint density at radius 2 is 1.81 bits per heavy atom. The predicted molar refractivity (Wildman–Crippen MR) is 134 cm³/mol. The van der Waals surface area contributed by atoms with Crippen LogP contribution in [0.4, 0.5) is 5.69 Å². The summed E-state index contributed by atoms with van der Waals surface area (Å²) in [5.41, 5.74) is 2.48. The maximum Gasteiger partial charge on any atom is 0.277 e. The van der Waals surface area contributed by atoms with Crippen LogP contribution in [-0.4, -0.2) is 33.8 Å². The van der Waals surface area contributed by atoms with Gasteiger partial charge in [0.05, 0.1) is 19.0 Å². The molecule has 0 saturated heterocycles. The van der Waals surface area contributed by atoms with E-state index in [9.17, 15) is 14.4 Å². The molecule has 5 rings (SSSR count). The standard InChI is InChI=1S/C27H22N4O5/c1-16-21-15-18(9-12-23(21)36-26(16)25(33)17-7-10-19(35-2)11-8-17)28-24(32)13-14-31-27(34)20-5-3-4-6-22(20)29-30-31/h3-12,15H,13-14H2,1-2H3,(H,28,32). The molecule has 0 radical (unpaired) electrons. The number of benzene rings is 3. The number of aryl methyl sites for hydroxylation is 2. The first kappa shape index (κ1) is 23.0. The zero-order valence-corrected chi connectivity index (χ0v) is 19.6. The second kappa shape index (κ2) is 9.46. The van der Waals surface area contributed by atoms with Crippen molar-refractivity contribution in [3.05, 3.63) is 94.0 Å². The van der Waals surface area contributed by atoms with Crippen molar-refractivity contribution in [2.24, 2.45) is 0 Å². The summed E-state index contributed by atoms with van der Waals surface area (Å²) in [6, 6.07) is 18.9. The number of nitrogens with zero attached hydrogens (tertiary/aromatic N) is 3. The van der Waals surface area contributed by atoms with E-state index in [0.717, 1.165) is 5.39 Å². The van der Waals surface area contributed by atoms with Gasteiger partial charge in [0.2, 0.25) is 11.7 Å². The zero-order chi connectivity index (χ0) is 25.2. The number of hydrogen-bond donors (Lipinski definition) is 1. The van der Waals surface area contributed by atoms with Gasteiger partial charge in [0.25, 0.3) is 5.56 Å². The molecule has 0 atom stereocenters. The van der Waals surface area contributed by atoms with Gasteiger partial charge in [-0.2, -0.15) is 0 Å². The Morgan fingerprint density at radius 1 is 1.03 bits per heavy atom. The van der Waals surface area contributed by atoms with Crippen molar-refractivity contribution in [3.63, 3.8) is 0 Å². The fourth-order valence-corrected chi connectivity index (χ4v) is 3.99. The molecule has 0 aliphatic heterocycles. The molecule has 1 amide bonds. The maximum absolute atomic E-state index is 13.0. The van der Waals surface area contributed by atoms with E-state index in [0.29, 0.717) is 39.0 Å². The Labute approximate surface area is 205 Å². The third-order valence-electron chi connectivity index (χ3n) is 5.96. The number of ether oxygens (including phenoxy) is 1. The van der Waals surface area contributed by atoms with E-state index in [-0.39, 0.29) is 36.0 Å². The van der Waals surface area contributed by atoms with Crippen molar-refractivity contribution in [1.29, 1.82) is 0 Å². The fraction of sp³-hybridized carbons (Fsp3) is 0.148. The molecule has 36 heavy (non-hydrogen) atoms. The number of fused-ring (bicyclic) bond motifs is 2. The second-order valence-corrected chi connectivity index (χ2v) is 8.26. The van der Waals surface area contributed by atoms with E-state index in [1.54, 1.807) is 80.8 Å². The van der Waals surface area contributed by atoms with Crippen LogP contribution in [0.3, 0.4) is 0 Å². The molecule has 0 spiro atoms. The lowest BCUT2D eigenvalue weighted by Crippen LogP contribution is -2.26. The highest BCUT2D eigenvalue weighted by Gasteiger charge is 2.20. The number of hydrogen-bond acceptors (Lipinski definition) is 7. The Morgan fingerprint density at radius 3 is 2.58 bits per heavy atom. The van der Waals surface area contributed by atoms with E-state index >= 15 is 0 Å². The topological polar surface area (TPSA) is 116 Å². The van der Waals surface area contributed by atoms with Gasteiger partial charge in [0.1, 0.15) is 16.8 Å². The van der Waals surface area contributed by atoms with E-state index in [4.69, 9.17) is 9.15 Å². The Kier molecular flexibility index (Phi) is 6.03. The number of rotatable bonds is 7. The quantitative estimate of drug-likeness (QED) is 0.347. The van der Waals surface area contributed by atoms with Gasteiger partial charge in [-0.1, -0.05) is 17.3 Å². The third-order valence-corrected chi connectivity index (χ3v) is 5.96. The molecule has 1 N–H and O–H groups in total. The monoisotopic (exact) mass is 482 g/mol. The summed E-state index contributed by atoms with van der Waals surface area (Å²) in [7, 11) is 1.56. The van der Waals surface area contributed by atoms with Crippen LogP contribution in [0.15, 0.2) is 75.9 Å². The summed E-state index contributed by atoms with van der Waals surface area (Å²) in [5.74, 6) is 0.379. The Balaban J connectivity index is 1.31. The number of nitrogens with one attached hydrogen (secondary N) is 1. The van der Waals surface area contributed by atoms with Crippen LogP contribution in [0.5, 0.6) is 5.75 Å². The van der Waals surface area contributed by atoms with Gasteiger partial charge in [0.15, 0.2) is 5.76 Å². The van der Waals surface area contributed by atoms with Crippen molar-refractivity contribution in [2.75, 3.05) is 12.4 Å². The molecule has 180 valence electrons. The SMILES string of the molecule is COc1ccc(C(=O)c2oc3ccc(NC(=O)CCn4nnc5ccccc5c4=O)cc3c2C)cc1. The van der Waals surface area contributed by atoms with Crippen LogP contribution in [0, 0.1) is 6.92 Å². The molecule has 0 saturated carbocycles. The minimum Gasteiger partial charge on any atom is -0.497 e. The number of carbonyl (C=O) groups is 2. The normalized spacial score (nSPS) is 11.1.